The number of ether oxygens (including phenoxy) is 1. The maximum absolute atomic E-state index is 5.88. The zero-order chi connectivity index (χ0) is 19.1. The van der Waals surface area contributed by atoms with E-state index in [1.54, 1.807) is 0 Å². The fourth-order valence-corrected chi connectivity index (χ4v) is 3.37. The molecule has 0 aliphatic carbocycles. The third-order valence-corrected chi connectivity index (χ3v) is 4.85. The van der Waals surface area contributed by atoms with E-state index in [1.165, 1.54) is 82.6 Å². The lowest BCUT2D eigenvalue weighted by Gasteiger charge is -2.23. The van der Waals surface area contributed by atoms with Crippen molar-refractivity contribution in [3.05, 3.63) is 29.8 Å². The molecule has 0 bridgehead atoms. The first-order valence-electron chi connectivity index (χ1n) is 11.0. The molecule has 0 heterocycles. The Morgan fingerprint density at radius 2 is 1.12 bits per heavy atom. The summed E-state index contributed by atoms with van der Waals surface area (Å²) >= 11 is 0. The van der Waals surface area contributed by atoms with Gasteiger partial charge in [0.1, 0.15) is 12.3 Å². The normalized spacial score (nSPS) is 11.7. The standard InChI is InChI=1S/C24H44NO/c1-5-6-7-8-9-10-11-12-13-14-15-16-21-26-24-19-17-23(18-20-24)22-25(2,3)4/h17-20H,5-16,21-22H2,1-4H3/q+1. The lowest BCUT2D eigenvalue weighted by molar-refractivity contribution is -0.884. The predicted molar refractivity (Wildman–Crippen MR) is 115 cm³/mol. The van der Waals surface area contributed by atoms with E-state index < -0.39 is 0 Å². The van der Waals surface area contributed by atoms with Crippen LogP contribution in [-0.2, 0) is 6.54 Å². The number of hydrogen-bond donors (Lipinski definition) is 0. The summed E-state index contributed by atoms with van der Waals surface area (Å²) in [6, 6.07) is 8.62. The second-order valence-electron chi connectivity index (χ2n) is 8.83. The zero-order valence-corrected chi connectivity index (χ0v) is 18.1. The Bertz CT molecular complexity index is 433. The van der Waals surface area contributed by atoms with E-state index >= 15 is 0 Å². The van der Waals surface area contributed by atoms with E-state index in [-0.39, 0.29) is 0 Å². The Hall–Kier alpha value is -1.02. The molecule has 26 heavy (non-hydrogen) atoms. The average molecular weight is 363 g/mol. The van der Waals surface area contributed by atoms with E-state index in [1.807, 2.05) is 0 Å². The molecule has 2 heteroatoms. The quantitative estimate of drug-likeness (QED) is 0.228. The van der Waals surface area contributed by atoms with Gasteiger partial charge >= 0.3 is 0 Å². The third-order valence-electron chi connectivity index (χ3n) is 4.85. The molecule has 1 aromatic carbocycles. The van der Waals surface area contributed by atoms with Crippen LogP contribution in [0.25, 0.3) is 0 Å². The topological polar surface area (TPSA) is 9.23 Å². The fourth-order valence-electron chi connectivity index (χ4n) is 3.37. The van der Waals surface area contributed by atoms with Gasteiger partial charge in [0.05, 0.1) is 27.7 Å². The van der Waals surface area contributed by atoms with Gasteiger partial charge in [0.25, 0.3) is 0 Å². The molecule has 0 atom stereocenters. The van der Waals surface area contributed by atoms with Crippen LogP contribution in [0, 0.1) is 0 Å². The summed E-state index contributed by atoms with van der Waals surface area (Å²) in [6.45, 7) is 4.19. The molecule has 0 fully saturated rings. The highest BCUT2D eigenvalue weighted by atomic mass is 16.5. The van der Waals surface area contributed by atoms with Crippen molar-refractivity contribution in [2.75, 3.05) is 27.7 Å². The van der Waals surface area contributed by atoms with Gasteiger partial charge in [0.2, 0.25) is 0 Å². The molecule has 0 amide bonds. The molecule has 0 aliphatic rings. The van der Waals surface area contributed by atoms with Gasteiger partial charge in [0, 0.05) is 5.56 Å². The number of unbranched alkanes of at least 4 members (excludes halogenated alkanes) is 11. The van der Waals surface area contributed by atoms with Gasteiger partial charge in [-0.25, -0.2) is 0 Å². The first kappa shape index (κ1) is 23.0. The Labute approximate surface area is 163 Å². The van der Waals surface area contributed by atoms with Crippen molar-refractivity contribution < 1.29 is 9.22 Å². The fraction of sp³-hybridized carbons (Fsp3) is 0.750. The highest BCUT2D eigenvalue weighted by molar-refractivity contribution is 5.26. The largest absolute Gasteiger partial charge is 0.494 e. The van der Waals surface area contributed by atoms with Crippen molar-refractivity contribution in [3.63, 3.8) is 0 Å². The molecule has 0 unspecified atom stereocenters. The second kappa shape index (κ2) is 14.1. The van der Waals surface area contributed by atoms with Crippen LogP contribution in [0.15, 0.2) is 24.3 Å². The van der Waals surface area contributed by atoms with Crippen LogP contribution in [0.1, 0.15) is 89.5 Å². The van der Waals surface area contributed by atoms with Crippen LogP contribution in [0.4, 0.5) is 0 Å². The van der Waals surface area contributed by atoms with Gasteiger partial charge < -0.3 is 9.22 Å². The van der Waals surface area contributed by atoms with E-state index in [4.69, 9.17) is 4.74 Å². The molecule has 150 valence electrons. The lowest BCUT2D eigenvalue weighted by Crippen LogP contribution is -2.33. The van der Waals surface area contributed by atoms with E-state index in [0.717, 1.165) is 23.4 Å². The smallest absolute Gasteiger partial charge is 0.119 e. The molecule has 0 radical (unpaired) electrons. The number of benzene rings is 1. The summed E-state index contributed by atoms with van der Waals surface area (Å²) < 4.78 is 6.84. The Morgan fingerprint density at radius 1 is 0.654 bits per heavy atom. The molecular formula is C24H44NO+. The number of hydrogen-bond acceptors (Lipinski definition) is 1. The SMILES string of the molecule is CCCCCCCCCCCCCCOc1ccc(C[N+](C)(C)C)cc1. The van der Waals surface area contributed by atoms with Crippen LogP contribution >= 0.6 is 0 Å². The summed E-state index contributed by atoms with van der Waals surface area (Å²) in [7, 11) is 6.66. The molecule has 0 N–H and O–H groups in total. The molecule has 2 nitrogen and oxygen atoms in total. The average Bonchev–Trinajstić information content (AvgIpc) is 2.59. The minimum absolute atomic E-state index is 0.853. The van der Waals surface area contributed by atoms with Crippen LogP contribution in [0.3, 0.4) is 0 Å². The Kier molecular flexibility index (Phi) is 12.5. The van der Waals surface area contributed by atoms with Crippen molar-refractivity contribution in [2.24, 2.45) is 0 Å². The first-order chi connectivity index (χ1) is 12.5. The molecule has 0 aromatic heterocycles. The van der Waals surface area contributed by atoms with Crippen molar-refractivity contribution >= 4 is 0 Å². The lowest BCUT2D eigenvalue weighted by atomic mass is 10.1. The molecular weight excluding hydrogens is 318 g/mol. The van der Waals surface area contributed by atoms with E-state index in [2.05, 4.69) is 52.3 Å². The predicted octanol–water partition coefficient (Wildman–Crippen LogP) is 6.97. The van der Waals surface area contributed by atoms with Crippen molar-refractivity contribution in [1.82, 2.24) is 0 Å². The van der Waals surface area contributed by atoms with Crippen molar-refractivity contribution in [2.45, 2.75) is 90.5 Å². The molecule has 1 rings (SSSR count). The molecule has 0 saturated carbocycles. The minimum Gasteiger partial charge on any atom is -0.494 e. The first-order valence-corrected chi connectivity index (χ1v) is 11.0. The van der Waals surface area contributed by atoms with E-state index in [0.29, 0.717) is 0 Å². The molecule has 0 saturated heterocycles. The second-order valence-corrected chi connectivity index (χ2v) is 8.83. The summed E-state index contributed by atoms with van der Waals surface area (Å²) in [4.78, 5) is 0. The van der Waals surface area contributed by atoms with Crippen LogP contribution in [0.2, 0.25) is 0 Å². The van der Waals surface area contributed by atoms with Gasteiger partial charge in [-0.05, 0) is 30.7 Å². The van der Waals surface area contributed by atoms with Crippen molar-refractivity contribution in [1.29, 1.82) is 0 Å². The van der Waals surface area contributed by atoms with Gasteiger partial charge in [-0.1, -0.05) is 77.6 Å². The molecule has 0 spiro atoms. The summed E-state index contributed by atoms with van der Waals surface area (Å²) in [5, 5.41) is 0. The summed E-state index contributed by atoms with van der Waals surface area (Å²) in [5.74, 6) is 1.01. The number of rotatable bonds is 16. The molecule has 1 aromatic rings. The van der Waals surface area contributed by atoms with Gasteiger partial charge in [-0.2, -0.15) is 0 Å². The Morgan fingerprint density at radius 3 is 1.58 bits per heavy atom. The maximum Gasteiger partial charge on any atom is 0.119 e. The van der Waals surface area contributed by atoms with Gasteiger partial charge in [-0.3, -0.25) is 0 Å². The van der Waals surface area contributed by atoms with Gasteiger partial charge in [-0.15, -0.1) is 0 Å². The highest BCUT2D eigenvalue weighted by Gasteiger charge is 2.08. The van der Waals surface area contributed by atoms with E-state index in [9.17, 15) is 0 Å². The summed E-state index contributed by atoms with van der Waals surface area (Å²) in [6.07, 6.45) is 16.6. The third kappa shape index (κ3) is 13.2. The van der Waals surface area contributed by atoms with Crippen LogP contribution < -0.4 is 4.74 Å². The zero-order valence-electron chi connectivity index (χ0n) is 18.1. The number of quaternary nitrogens is 1. The maximum atomic E-state index is 5.88. The number of nitrogens with zero attached hydrogens (tertiary/aromatic N) is 1. The van der Waals surface area contributed by atoms with Gasteiger partial charge in [0.15, 0.2) is 0 Å². The highest BCUT2D eigenvalue weighted by Crippen LogP contribution is 2.16. The summed E-state index contributed by atoms with van der Waals surface area (Å²) in [5.41, 5.74) is 1.37. The van der Waals surface area contributed by atoms with Crippen LogP contribution in [-0.4, -0.2) is 32.2 Å². The van der Waals surface area contributed by atoms with Crippen molar-refractivity contribution in [3.8, 4) is 5.75 Å². The monoisotopic (exact) mass is 362 g/mol. The minimum atomic E-state index is 0.853. The Balaban J connectivity index is 1.93. The molecule has 0 aliphatic heterocycles. The van der Waals surface area contributed by atoms with Crippen LogP contribution in [0.5, 0.6) is 5.75 Å².